The Kier molecular flexibility index (Phi) is 5.59. The number of carbonyl (C=O) groups is 1. The Labute approximate surface area is 236 Å². The number of alkyl halides is 1. The van der Waals surface area contributed by atoms with Crippen molar-refractivity contribution in [3.63, 3.8) is 0 Å². The predicted octanol–water partition coefficient (Wildman–Crippen LogP) is 5.42. The van der Waals surface area contributed by atoms with Crippen LogP contribution in [0.25, 0.3) is 0 Å². The zero-order chi connectivity index (χ0) is 27.6. The van der Waals surface area contributed by atoms with Gasteiger partial charge in [-0.15, -0.1) is 0 Å². The van der Waals surface area contributed by atoms with E-state index >= 15 is 0 Å². The third kappa shape index (κ3) is 3.19. The standard InChI is InChI=1S/C31H42ClNO6/c1-27(2,3)28(4,35)21-15-29-10-11-31(21,36-5)25-30(29)12-13-33(16-18-6-7-18)22(29)14-19-8-9-20(24(39-25)23(19)30)38-26(34)37-17-32/h8-9,18,21-22,25,35H,6-7,10-17H2,1-5H3/t21-,22?,25-,28-,29-,30+,31-/m0/s1. The smallest absolute Gasteiger partial charge is 0.482 e. The summed E-state index contributed by atoms with van der Waals surface area (Å²) < 4.78 is 24.2. The topological polar surface area (TPSA) is 77.5 Å². The van der Waals surface area contributed by atoms with E-state index in [1.54, 1.807) is 7.11 Å². The second-order valence-corrected chi connectivity index (χ2v) is 14.6. The number of aliphatic hydroxyl groups is 1. The van der Waals surface area contributed by atoms with Crippen molar-refractivity contribution in [3.05, 3.63) is 23.3 Å². The lowest BCUT2D eigenvalue weighted by molar-refractivity contribution is -0.312. The fourth-order valence-electron chi connectivity index (χ4n) is 9.81. The average Bonchev–Trinajstić information content (AvgIpc) is 3.62. The van der Waals surface area contributed by atoms with Crippen LogP contribution in [0.3, 0.4) is 0 Å². The molecule has 2 aliphatic heterocycles. The number of likely N-dealkylation sites (tertiary alicyclic amines) is 1. The van der Waals surface area contributed by atoms with Crippen molar-refractivity contribution in [1.29, 1.82) is 0 Å². The Morgan fingerprint density at radius 1 is 1.21 bits per heavy atom. The molecule has 7 aliphatic rings. The van der Waals surface area contributed by atoms with Crippen molar-refractivity contribution in [3.8, 4) is 11.5 Å². The number of rotatable bonds is 6. The molecule has 8 heteroatoms. The number of carbonyl (C=O) groups excluding carboxylic acids is 1. The lowest BCUT2D eigenvalue weighted by Crippen LogP contribution is -2.83. The van der Waals surface area contributed by atoms with Crippen molar-refractivity contribution in [2.75, 3.05) is 26.3 Å². The van der Waals surface area contributed by atoms with Gasteiger partial charge < -0.3 is 24.1 Å². The van der Waals surface area contributed by atoms with Crippen LogP contribution in [0.5, 0.6) is 11.5 Å². The number of fused-ring (bicyclic) bond motifs is 2. The van der Waals surface area contributed by atoms with Crippen molar-refractivity contribution in [2.45, 2.75) is 101 Å². The molecule has 7 nitrogen and oxygen atoms in total. The average molecular weight is 560 g/mol. The molecule has 214 valence electrons. The zero-order valence-electron chi connectivity index (χ0n) is 23.8. The summed E-state index contributed by atoms with van der Waals surface area (Å²) in [5.74, 6) is 1.74. The van der Waals surface area contributed by atoms with Crippen LogP contribution in [0.4, 0.5) is 4.79 Å². The van der Waals surface area contributed by atoms with Crippen molar-refractivity contribution in [2.24, 2.45) is 22.7 Å². The maximum absolute atomic E-state index is 12.4. The molecule has 5 fully saturated rings. The molecule has 0 radical (unpaired) electrons. The first-order valence-corrected chi connectivity index (χ1v) is 15.2. The number of methoxy groups -OCH3 is 1. The van der Waals surface area contributed by atoms with Crippen LogP contribution >= 0.6 is 11.6 Å². The monoisotopic (exact) mass is 559 g/mol. The van der Waals surface area contributed by atoms with E-state index in [0.29, 0.717) is 17.5 Å². The van der Waals surface area contributed by atoms with E-state index in [1.807, 2.05) is 13.0 Å². The molecule has 2 heterocycles. The summed E-state index contributed by atoms with van der Waals surface area (Å²) in [5, 5.41) is 12.3. The molecule has 4 saturated carbocycles. The van der Waals surface area contributed by atoms with Gasteiger partial charge in [0.25, 0.3) is 0 Å². The Morgan fingerprint density at radius 3 is 2.64 bits per heavy atom. The van der Waals surface area contributed by atoms with Gasteiger partial charge in [-0.2, -0.15) is 0 Å². The van der Waals surface area contributed by atoms with Crippen LogP contribution in [0.2, 0.25) is 0 Å². The molecule has 1 N–H and O–H groups in total. The molecule has 0 amide bonds. The summed E-state index contributed by atoms with van der Waals surface area (Å²) in [6, 6.07) is 4.09. The molecule has 8 rings (SSSR count). The van der Waals surface area contributed by atoms with Crippen LogP contribution in [0, 0.1) is 22.7 Å². The highest BCUT2D eigenvalue weighted by atomic mass is 35.5. The van der Waals surface area contributed by atoms with Gasteiger partial charge in [-0.1, -0.05) is 38.4 Å². The lowest BCUT2D eigenvalue weighted by atomic mass is 9.33. The maximum atomic E-state index is 12.4. The normalized spacial score (nSPS) is 39.5. The lowest BCUT2D eigenvalue weighted by Gasteiger charge is -2.75. The first-order valence-electron chi connectivity index (χ1n) is 14.7. The van der Waals surface area contributed by atoms with Gasteiger partial charge in [-0.05, 0) is 81.4 Å². The van der Waals surface area contributed by atoms with Crippen LogP contribution in [0.1, 0.15) is 77.3 Å². The van der Waals surface area contributed by atoms with E-state index in [4.69, 9.17) is 30.5 Å². The minimum absolute atomic E-state index is 0.0570. The molecule has 4 bridgehead atoms. The minimum Gasteiger partial charge on any atom is -0.482 e. The second kappa shape index (κ2) is 8.27. The predicted molar refractivity (Wildman–Crippen MR) is 146 cm³/mol. The molecular formula is C31H42ClNO6. The van der Waals surface area contributed by atoms with E-state index < -0.39 is 17.4 Å². The Bertz CT molecular complexity index is 1210. The number of ether oxygens (including phenoxy) is 4. The Hall–Kier alpha value is -1.54. The highest BCUT2D eigenvalue weighted by Crippen LogP contribution is 2.78. The molecule has 2 spiro atoms. The molecule has 0 aromatic heterocycles. The van der Waals surface area contributed by atoms with Crippen LogP contribution < -0.4 is 9.47 Å². The fourth-order valence-corrected chi connectivity index (χ4v) is 9.90. The zero-order valence-corrected chi connectivity index (χ0v) is 24.6. The number of halogens is 1. The highest BCUT2D eigenvalue weighted by Gasteiger charge is 2.82. The SMILES string of the molecule is CO[C@@]12CC[C@]3(C[C@H]1[C@](C)(O)C(C)(C)C)C1Cc4ccc(OC(=O)OCCl)c5c4[C@]3(CCN1CC1CC1)[C@@H]2O5. The van der Waals surface area contributed by atoms with Crippen LogP contribution in [-0.2, 0) is 21.3 Å². The van der Waals surface area contributed by atoms with E-state index in [1.165, 1.54) is 24.0 Å². The fraction of sp³-hybridized carbons (Fsp3) is 0.774. The van der Waals surface area contributed by atoms with E-state index in [-0.39, 0.29) is 34.3 Å². The molecule has 1 unspecified atom stereocenters. The summed E-state index contributed by atoms with van der Waals surface area (Å²) in [7, 11) is 1.80. The van der Waals surface area contributed by atoms with Gasteiger partial charge in [0.05, 0.1) is 5.60 Å². The van der Waals surface area contributed by atoms with E-state index in [2.05, 4.69) is 31.7 Å². The van der Waals surface area contributed by atoms with E-state index in [0.717, 1.165) is 51.1 Å². The summed E-state index contributed by atoms with van der Waals surface area (Å²) in [6.45, 7) is 10.6. The summed E-state index contributed by atoms with van der Waals surface area (Å²) in [6.07, 6.45) is 6.27. The van der Waals surface area contributed by atoms with Gasteiger partial charge in [-0.25, -0.2) is 4.79 Å². The maximum Gasteiger partial charge on any atom is 0.515 e. The Balaban J connectivity index is 1.43. The molecular weight excluding hydrogens is 518 g/mol. The van der Waals surface area contributed by atoms with Crippen molar-refractivity contribution < 1.29 is 28.8 Å². The molecule has 39 heavy (non-hydrogen) atoms. The highest BCUT2D eigenvalue weighted by molar-refractivity contribution is 6.17. The quantitative estimate of drug-likeness (QED) is 0.283. The van der Waals surface area contributed by atoms with Crippen molar-refractivity contribution in [1.82, 2.24) is 4.90 Å². The van der Waals surface area contributed by atoms with Gasteiger partial charge in [0.15, 0.2) is 17.6 Å². The van der Waals surface area contributed by atoms with Crippen molar-refractivity contribution >= 4 is 17.8 Å². The molecule has 1 aromatic rings. The summed E-state index contributed by atoms with van der Waals surface area (Å²) >= 11 is 5.63. The molecule has 1 aromatic carbocycles. The van der Waals surface area contributed by atoms with Gasteiger partial charge in [0, 0.05) is 42.0 Å². The van der Waals surface area contributed by atoms with Crippen LogP contribution in [0.15, 0.2) is 12.1 Å². The number of hydrogen-bond acceptors (Lipinski definition) is 7. The number of piperidine rings is 1. The van der Waals surface area contributed by atoms with Crippen LogP contribution in [-0.4, -0.2) is 65.8 Å². The third-order valence-electron chi connectivity index (χ3n) is 12.2. The van der Waals surface area contributed by atoms with E-state index in [9.17, 15) is 9.90 Å². The van der Waals surface area contributed by atoms with Gasteiger partial charge in [0.1, 0.15) is 11.7 Å². The van der Waals surface area contributed by atoms with Gasteiger partial charge in [0.2, 0.25) is 0 Å². The minimum atomic E-state index is -0.977. The van der Waals surface area contributed by atoms with Gasteiger partial charge >= 0.3 is 6.16 Å². The third-order valence-corrected chi connectivity index (χ3v) is 12.3. The second-order valence-electron chi connectivity index (χ2n) is 14.4. The number of benzene rings is 1. The van der Waals surface area contributed by atoms with Gasteiger partial charge in [-0.3, -0.25) is 4.90 Å². The molecule has 5 aliphatic carbocycles. The first kappa shape index (κ1) is 26.4. The largest absolute Gasteiger partial charge is 0.515 e. The first-order chi connectivity index (χ1) is 18.4. The number of nitrogens with zero attached hydrogens (tertiary/aromatic N) is 1. The molecule has 7 atom stereocenters. The molecule has 1 saturated heterocycles. The Morgan fingerprint density at radius 2 is 1.97 bits per heavy atom. The summed E-state index contributed by atoms with van der Waals surface area (Å²) in [4.78, 5) is 15.1. The summed E-state index contributed by atoms with van der Waals surface area (Å²) in [5.41, 5.74) is 0.200. The number of hydrogen-bond donors (Lipinski definition) is 1.